The van der Waals surface area contributed by atoms with Crippen molar-refractivity contribution >= 4 is 0 Å². The largest absolute Gasteiger partial charge is 0.488 e. The third-order valence-corrected chi connectivity index (χ3v) is 9.09. The van der Waals surface area contributed by atoms with E-state index in [-0.39, 0.29) is 16.6 Å². The Labute approximate surface area is 252 Å². The SMILES string of the molecule is CCC(C)(C)c1cccc(OC2(C)CCCCC2)c1.CCC(C)c1cccc(OC2(C)CCCCC2)c1.CO.CO. The zero-order valence-corrected chi connectivity index (χ0v) is 27.9. The van der Waals surface area contributed by atoms with Gasteiger partial charge >= 0.3 is 0 Å². The van der Waals surface area contributed by atoms with Crippen molar-refractivity contribution in [3.05, 3.63) is 59.7 Å². The maximum absolute atomic E-state index is 7.00. The number of hydrogen-bond donors (Lipinski definition) is 2. The van der Waals surface area contributed by atoms with E-state index in [9.17, 15) is 0 Å². The Hall–Kier alpha value is -2.04. The van der Waals surface area contributed by atoms with Crippen LogP contribution in [-0.2, 0) is 5.41 Å². The minimum absolute atomic E-state index is 0.0488. The van der Waals surface area contributed by atoms with Gasteiger partial charge in [-0.25, -0.2) is 0 Å². The summed E-state index contributed by atoms with van der Waals surface area (Å²) in [5.74, 6) is 2.72. The van der Waals surface area contributed by atoms with E-state index in [1.54, 1.807) is 0 Å². The molecule has 41 heavy (non-hydrogen) atoms. The number of ether oxygens (including phenoxy) is 2. The van der Waals surface area contributed by atoms with Crippen molar-refractivity contribution in [3.63, 3.8) is 0 Å². The predicted molar refractivity (Wildman–Crippen MR) is 175 cm³/mol. The van der Waals surface area contributed by atoms with Crippen LogP contribution in [0.1, 0.15) is 143 Å². The molecule has 2 N–H and O–H groups in total. The lowest BCUT2D eigenvalue weighted by molar-refractivity contribution is 0.0483. The first kappa shape index (κ1) is 37.0. The summed E-state index contributed by atoms with van der Waals surface area (Å²) in [5, 5.41) is 14.0. The zero-order valence-electron chi connectivity index (χ0n) is 27.9. The molecule has 0 bridgehead atoms. The molecule has 0 aromatic heterocycles. The Morgan fingerprint density at radius 1 is 0.707 bits per heavy atom. The zero-order chi connectivity index (χ0) is 30.9. The van der Waals surface area contributed by atoms with Gasteiger partial charge in [-0.1, -0.05) is 71.7 Å². The van der Waals surface area contributed by atoms with Gasteiger partial charge < -0.3 is 19.7 Å². The van der Waals surface area contributed by atoms with Crippen LogP contribution in [0.15, 0.2) is 48.5 Å². The molecule has 234 valence electrons. The lowest BCUT2D eigenvalue weighted by Gasteiger charge is -2.35. The predicted octanol–water partition coefficient (Wildman–Crippen LogP) is 9.99. The van der Waals surface area contributed by atoms with Gasteiger partial charge in [0.25, 0.3) is 0 Å². The van der Waals surface area contributed by atoms with E-state index in [0.29, 0.717) is 5.92 Å². The van der Waals surface area contributed by atoms with Gasteiger partial charge in [-0.05, 0) is 125 Å². The molecule has 2 aromatic carbocycles. The molecule has 4 rings (SSSR count). The molecule has 0 radical (unpaired) electrons. The number of benzene rings is 2. The molecule has 0 amide bonds. The van der Waals surface area contributed by atoms with Gasteiger partial charge in [0.15, 0.2) is 0 Å². The normalized spacial score (nSPS) is 18.1. The van der Waals surface area contributed by atoms with Crippen LogP contribution in [0.25, 0.3) is 0 Å². The highest BCUT2D eigenvalue weighted by molar-refractivity contribution is 5.33. The molecule has 0 aliphatic heterocycles. The summed E-state index contributed by atoms with van der Waals surface area (Å²) >= 11 is 0. The molecule has 4 nitrogen and oxygen atoms in total. The third kappa shape index (κ3) is 12.4. The number of rotatable bonds is 8. The second-order valence-electron chi connectivity index (χ2n) is 12.9. The average Bonchev–Trinajstić information content (AvgIpc) is 2.99. The summed E-state index contributed by atoms with van der Waals surface area (Å²) in [6.07, 6.45) is 15.0. The van der Waals surface area contributed by atoms with Gasteiger partial charge in [0.05, 0.1) is 0 Å². The van der Waals surface area contributed by atoms with Crippen LogP contribution >= 0.6 is 0 Å². The van der Waals surface area contributed by atoms with E-state index in [2.05, 4.69) is 97.0 Å². The molecular formula is C37H62O4. The molecule has 2 aliphatic carbocycles. The Kier molecular flexibility index (Phi) is 16.7. The Morgan fingerprint density at radius 3 is 1.59 bits per heavy atom. The molecule has 0 saturated heterocycles. The highest BCUT2D eigenvalue weighted by Gasteiger charge is 2.30. The van der Waals surface area contributed by atoms with Crippen LogP contribution in [0.5, 0.6) is 11.5 Å². The number of aliphatic hydroxyl groups excluding tert-OH is 2. The minimum Gasteiger partial charge on any atom is -0.488 e. The summed E-state index contributed by atoms with van der Waals surface area (Å²) < 4.78 is 12.6. The fourth-order valence-electron chi connectivity index (χ4n) is 5.68. The lowest BCUT2D eigenvalue weighted by Crippen LogP contribution is -2.34. The van der Waals surface area contributed by atoms with Crippen molar-refractivity contribution in [2.75, 3.05) is 14.2 Å². The van der Waals surface area contributed by atoms with E-state index >= 15 is 0 Å². The molecule has 4 heteroatoms. The average molecular weight is 571 g/mol. The van der Waals surface area contributed by atoms with E-state index in [1.165, 1.54) is 81.8 Å². The van der Waals surface area contributed by atoms with Crippen LogP contribution in [-0.4, -0.2) is 35.6 Å². The highest BCUT2D eigenvalue weighted by Crippen LogP contribution is 2.36. The van der Waals surface area contributed by atoms with Gasteiger partial charge in [-0.3, -0.25) is 0 Å². The number of aliphatic hydroxyl groups is 2. The molecule has 2 aromatic rings. The monoisotopic (exact) mass is 570 g/mol. The summed E-state index contributed by atoms with van der Waals surface area (Å²) in [6, 6.07) is 17.4. The van der Waals surface area contributed by atoms with Crippen molar-refractivity contribution in [3.8, 4) is 11.5 Å². The third-order valence-electron chi connectivity index (χ3n) is 9.09. The first-order valence-corrected chi connectivity index (χ1v) is 16.1. The van der Waals surface area contributed by atoms with E-state index < -0.39 is 0 Å². The van der Waals surface area contributed by atoms with Gasteiger partial charge in [-0.2, -0.15) is 0 Å². The molecule has 2 saturated carbocycles. The first-order valence-electron chi connectivity index (χ1n) is 16.1. The fourth-order valence-corrected chi connectivity index (χ4v) is 5.68. The van der Waals surface area contributed by atoms with Crippen molar-refractivity contribution in [2.45, 2.75) is 148 Å². The van der Waals surface area contributed by atoms with Crippen LogP contribution in [0.4, 0.5) is 0 Å². The maximum Gasteiger partial charge on any atom is 0.120 e. The van der Waals surface area contributed by atoms with Gasteiger partial charge in [0, 0.05) is 14.2 Å². The Morgan fingerprint density at radius 2 is 1.15 bits per heavy atom. The molecule has 1 atom stereocenters. The summed E-state index contributed by atoms with van der Waals surface area (Å²) in [4.78, 5) is 0. The second-order valence-corrected chi connectivity index (χ2v) is 12.9. The second kappa shape index (κ2) is 18.5. The van der Waals surface area contributed by atoms with Crippen LogP contribution in [0, 0.1) is 0 Å². The molecule has 1 unspecified atom stereocenters. The molecular weight excluding hydrogens is 508 g/mol. The Balaban J connectivity index is 0.000000366. The van der Waals surface area contributed by atoms with Crippen molar-refractivity contribution < 1.29 is 19.7 Å². The van der Waals surface area contributed by atoms with Crippen LogP contribution in [0.2, 0.25) is 0 Å². The van der Waals surface area contributed by atoms with Crippen molar-refractivity contribution in [1.82, 2.24) is 0 Å². The highest BCUT2D eigenvalue weighted by atomic mass is 16.5. The summed E-state index contributed by atoms with van der Waals surface area (Å²) in [5.41, 5.74) is 3.12. The minimum atomic E-state index is 0.0488. The van der Waals surface area contributed by atoms with E-state index in [4.69, 9.17) is 19.7 Å². The topological polar surface area (TPSA) is 58.9 Å². The fraction of sp³-hybridized carbons (Fsp3) is 0.676. The smallest absolute Gasteiger partial charge is 0.120 e. The van der Waals surface area contributed by atoms with Crippen molar-refractivity contribution in [1.29, 1.82) is 0 Å². The van der Waals surface area contributed by atoms with Crippen LogP contribution < -0.4 is 9.47 Å². The molecule has 2 aliphatic rings. The standard InChI is InChI=1S/C18H28O.C17H26O.2CH4O/c1-5-17(2,3)15-10-9-11-16(14-15)19-18(4)12-7-6-8-13-18;1-4-14(2)15-9-8-10-16(13-15)18-17(3)11-6-5-7-12-17;2*1-2/h9-11,14H,5-8,12-13H2,1-4H3;8-10,13-14H,4-7,11-12H2,1-3H3;2*2H,1H3. The van der Waals surface area contributed by atoms with Crippen molar-refractivity contribution in [2.24, 2.45) is 0 Å². The lowest BCUT2D eigenvalue weighted by atomic mass is 9.82. The summed E-state index contributed by atoms with van der Waals surface area (Å²) in [6.45, 7) is 15.9. The maximum atomic E-state index is 7.00. The quantitative estimate of drug-likeness (QED) is 0.331. The number of hydrogen-bond acceptors (Lipinski definition) is 4. The van der Waals surface area contributed by atoms with Gasteiger partial charge in [-0.15, -0.1) is 0 Å². The van der Waals surface area contributed by atoms with Gasteiger partial charge in [0.1, 0.15) is 22.7 Å². The van der Waals surface area contributed by atoms with E-state index in [0.717, 1.165) is 32.1 Å². The van der Waals surface area contributed by atoms with Gasteiger partial charge in [0.2, 0.25) is 0 Å². The molecule has 0 spiro atoms. The van der Waals surface area contributed by atoms with Crippen LogP contribution in [0.3, 0.4) is 0 Å². The summed E-state index contributed by atoms with van der Waals surface area (Å²) in [7, 11) is 2.00. The molecule has 0 heterocycles. The van der Waals surface area contributed by atoms with E-state index in [1.807, 2.05) is 0 Å². The first-order chi connectivity index (χ1) is 19.6. The molecule has 2 fully saturated rings. The Bertz CT molecular complexity index is 955.